The zero-order valence-corrected chi connectivity index (χ0v) is 12.2. The Bertz CT molecular complexity index is 561. The molecule has 0 saturated heterocycles. The van der Waals surface area contributed by atoms with Gasteiger partial charge in [0.1, 0.15) is 16.2 Å². The summed E-state index contributed by atoms with van der Waals surface area (Å²) in [6, 6.07) is 5.46. The molecule has 0 aliphatic carbocycles. The molecule has 0 amide bonds. The lowest BCUT2D eigenvalue weighted by atomic mass is 10.1. The SMILES string of the molecule is Cc1cc(Oc2nc(N)cc(Br)n2)cc(C)c1Cl. The zero-order valence-electron chi connectivity index (χ0n) is 9.87. The van der Waals surface area contributed by atoms with Crippen molar-refractivity contribution in [3.63, 3.8) is 0 Å². The van der Waals surface area contributed by atoms with Crippen LogP contribution in [0.25, 0.3) is 0 Å². The smallest absolute Gasteiger partial charge is 0.325 e. The highest BCUT2D eigenvalue weighted by molar-refractivity contribution is 9.10. The highest BCUT2D eigenvalue weighted by Crippen LogP contribution is 2.28. The number of anilines is 1. The number of hydrogen-bond acceptors (Lipinski definition) is 4. The van der Waals surface area contributed by atoms with Gasteiger partial charge < -0.3 is 10.5 Å². The number of rotatable bonds is 2. The second kappa shape index (κ2) is 5.12. The van der Waals surface area contributed by atoms with Gasteiger partial charge in [-0.2, -0.15) is 9.97 Å². The van der Waals surface area contributed by atoms with Gasteiger partial charge in [-0.05, 0) is 53.0 Å². The average molecular weight is 329 g/mol. The van der Waals surface area contributed by atoms with Crippen molar-refractivity contribution in [1.82, 2.24) is 9.97 Å². The largest absolute Gasteiger partial charge is 0.424 e. The molecule has 0 unspecified atom stereocenters. The number of nitrogens with zero attached hydrogens (tertiary/aromatic N) is 2. The zero-order chi connectivity index (χ0) is 13.3. The van der Waals surface area contributed by atoms with Gasteiger partial charge in [-0.1, -0.05) is 11.6 Å². The topological polar surface area (TPSA) is 61.0 Å². The highest BCUT2D eigenvalue weighted by Gasteiger charge is 2.07. The number of nitrogen functional groups attached to an aromatic ring is 1. The van der Waals surface area contributed by atoms with Crippen molar-refractivity contribution in [2.75, 3.05) is 5.73 Å². The summed E-state index contributed by atoms with van der Waals surface area (Å²) in [5, 5.41) is 0.733. The Morgan fingerprint density at radius 3 is 2.33 bits per heavy atom. The third-order valence-electron chi connectivity index (χ3n) is 2.31. The van der Waals surface area contributed by atoms with Crippen LogP contribution in [0, 0.1) is 13.8 Å². The second-order valence-electron chi connectivity index (χ2n) is 3.87. The molecule has 0 bridgehead atoms. The first-order valence-corrected chi connectivity index (χ1v) is 6.37. The lowest BCUT2D eigenvalue weighted by Crippen LogP contribution is -1.97. The maximum absolute atomic E-state index is 6.09. The molecule has 0 saturated carbocycles. The predicted octanol–water partition coefficient (Wildman–Crippen LogP) is 3.88. The summed E-state index contributed by atoms with van der Waals surface area (Å²) >= 11 is 9.32. The van der Waals surface area contributed by atoms with Crippen molar-refractivity contribution in [3.05, 3.63) is 39.0 Å². The van der Waals surface area contributed by atoms with Gasteiger partial charge in [-0.25, -0.2) is 0 Å². The molecule has 0 spiro atoms. The van der Waals surface area contributed by atoms with Gasteiger partial charge in [-0.3, -0.25) is 0 Å². The van der Waals surface area contributed by atoms with Crippen molar-refractivity contribution in [2.24, 2.45) is 0 Å². The molecule has 0 aliphatic rings. The normalized spacial score (nSPS) is 10.4. The first-order chi connectivity index (χ1) is 8.45. The van der Waals surface area contributed by atoms with Gasteiger partial charge in [0.15, 0.2) is 0 Å². The lowest BCUT2D eigenvalue weighted by molar-refractivity contribution is 0.441. The number of aryl methyl sites for hydroxylation is 2. The van der Waals surface area contributed by atoms with E-state index in [1.165, 1.54) is 0 Å². The summed E-state index contributed by atoms with van der Waals surface area (Å²) < 4.78 is 6.14. The Morgan fingerprint density at radius 2 is 1.78 bits per heavy atom. The summed E-state index contributed by atoms with van der Waals surface area (Å²) in [5.74, 6) is 0.973. The van der Waals surface area contributed by atoms with Crippen LogP contribution in [0.3, 0.4) is 0 Å². The molecule has 0 aliphatic heterocycles. The van der Waals surface area contributed by atoms with E-state index >= 15 is 0 Å². The molecule has 0 atom stereocenters. The number of nitrogens with two attached hydrogens (primary N) is 1. The molecule has 0 radical (unpaired) electrons. The van der Waals surface area contributed by atoms with Crippen molar-refractivity contribution in [1.29, 1.82) is 0 Å². The Hall–Kier alpha value is -1.33. The van der Waals surface area contributed by atoms with Crippen LogP contribution in [0.5, 0.6) is 11.8 Å². The average Bonchev–Trinajstić information content (AvgIpc) is 2.24. The third kappa shape index (κ3) is 2.91. The van der Waals surface area contributed by atoms with E-state index in [9.17, 15) is 0 Å². The van der Waals surface area contributed by atoms with Crippen LogP contribution in [0.1, 0.15) is 11.1 Å². The fourth-order valence-electron chi connectivity index (χ4n) is 1.53. The summed E-state index contributed by atoms with van der Waals surface area (Å²) in [6.07, 6.45) is 0. The quantitative estimate of drug-likeness (QED) is 0.850. The summed E-state index contributed by atoms with van der Waals surface area (Å²) in [4.78, 5) is 8.07. The van der Waals surface area contributed by atoms with Crippen molar-refractivity contribution < 1.29 is 4.74 Å². The molecule has 2 aromatic rings. The van der Waals surface area contributed by atoms with E-state index in [1.54, 1.807) is 6.07 Å². The number of ether oxygens (including phenoxy) is 1. The van der Waals surface area contributed by atoms with Gasteiger partial charge in [0, 0.05) is 11.1 Å². The molecule has 2 rings (SSSR count). The molecule has 1 aromatic carbocycles. The predicted molar refractivity (Wildman–Crippen MR) is 75.1 cm³/mol. The Morgan fingerprint density at radius 1 is 1.17 bits per heavy atom. The Kier molecular flexibility index (Phi) is 3.73. The Balaban J connectivity index is 2.34. The van der Waals surface area contributed by atoms with Crippen molar-refractivity contribution in [2.45, 2.75) is 13.8 Å². The van der Waals surface area contributed by atoms with E-state index < -0.39 is 0 Å². The van der Waals surface area contributed by atoms with Crippen LogP contribution >= 0.6 is 27.5 Å². The monoisotopic (exact) mass is 327 g/mol. The number of benzene rings is 1. The van der Waals surface area contributed by atoms with Crippen LogP contribution in [-0.4, -0.2) is 9.97 Å². The molecular formula is C12H11BrClN3O. The molecule has 0 fully saturated rings. The van der Waals surface area contributed by atoms with Gasteiger partial charge in [0.2, 0.25) is 0 Å². The van der Waals surface area contributed by atoms with Gasteiger partial charge >= 0.3 is 6.01 Å². The first-order valence-electron chi connectivity index (χ1n) is 5.20. The molecule has 1 heterocycles. The fourth-order valence-corrected chi connectivity index (χ4v) is 2.02. The van der Waals surface area contributed by atoms with Crippen LogP contribution in [0.4, 0.5) is 5.82 Å². The van der Waals surface area contributed by atoms with Crippen LogP contribution in [-0.2, 0) is 0 Å². The standard InChI is InChI=1S/C12H11BrClN3O/c1-6-3-8(4-7(2)11(6)14)18-12-16-9(13)5-10(15)17-12/h3-5H,1-2H3,(H2,15,16,17). The van der Waals surface area contributed by atoms with E-state index in [0.29, 0.717) is 16.2 Å². The molecule has 2 N–H and O–H groups in total. The summed E-state index contributed by atoms with van der Waals surface area (Å²) in [5.41, 5.74) is 7.49. The van der Waals surface area contributed by atoms with Crippen LogP contribution < -0.4 is 10.5 Å². The van der Waals surface area contributed by atoms with E-state index in [1.807, 2.05) is 26.0 Å². The van der Waals surface area contributed by atoms with Crippen molar-refractivity contribution >= 4 is 33.3 Å². The molecule has 1 aromatic heterocycles. The van der Waals surface area contributed by atoms with E-state index in [0.717, 1.165) is 16.1 Å². The summed E-state index contributed by atoms with van der Waals surface area (Å²) in [7, 11) is 0. The van der Waals surface area contributed by atoms with E-state index in [4.69, 9.17) is 22.1 Å². The molecule has 94 valence electrons. The van der Waals surface area contributed by atoms with Crippen molar-refractivity contribution in [3.8, 4) is 11.8 Å². The van der Waals surface area contributed by atoms with Gasteiger partial charge in [-0.15, -0.1) is 0 Å². The number of aromatic nitrogens is 2. The minimum Gasteiger partial charge on any atom is -0.424 e. The third-order valence-corrected chi connectivity index (χ3v) is 3.32. The molecular weight excluding hydrogens is 318 g/mol. The maximum Gasteiger partial charge on any atom is 0.325 e. The number of halogens is 2. The minimum absolute atomic E-state index is 0.197. The summed E-state index contributed by atoms with van der Waals surface area (Å²) in [6.45, 7) is 3.83. The highest BCUT2D eigenvalue weighted by atomic mass is 79.9. The number of hydrogen-bond donors (Lipinski definition) is 1. The van der Waals surface area contributed by atoms with E-state index in [-0.39, 0.29) is 6.01 Å². The molecule has 6 heteroatoms. The minimum atomic E-state index is 0.197. The van der Waals surface area contributed by atoms with E-state index in [2.05, 4.69) is 25.9 Å². The van der Waals surface area contributed by atoms with Crippen LogP contribution in [0.15, 0.2) is 22.8 Å². The van der Waals surface area contributed by atoms with Gasteiger partial charge in [0.05, 0.1) is 0 Å². The fraction of sp³-hybridized carbons (Fsp3) is 0.167. The molecule has 4 nitrogen and oxygen atoms in total. The van der Waals surface area contributed by atoms with Gasteiger partial charge in [0.25, 0.3) is 0 Å². The first kappa shape index (κ1) is 13.1. The molecule has 18 heavy (non-hydrogen) atoms. The second-order valence-corrected chi connectivity index (χ2v) is 5.06. The maximum atomic E-state index is 6.09. The Labute approximate surface area is 118 Å². The van der Waals surface area contributed by atoms with Crippen LogP contribution in [0.2, 0.25) is 5.02 Å². The lowest BCUT2D eigenvalue weighted by Gasteiger charge is -2.08.